The highest BCUT2D eigenvalue weighted by Crippen LogP contribution is 2.26. The van der Waals surface area contributed by atoms with Gasteiger partial charge < -0.3 is 11.1 Å². The van der Waals surface area contributed by atoms with Gasteiger partial charge in [-0.15, -0.1) is 24.8 Å². The van der Waals surface area contributed by atoms with Crippen molar-refractivity contribution < 1.29 is 0 Å². The number of nitrogen functional groups attached to an aromatic ring is 1. The van der Waals surface area contributed by atoms with Crippen molar-refractivity contribution in [2.45, 2.75) is 76.7 Å². The predicted octanol–water partition coefficient (Wildman–Crippen LogP) is 6.53. The zero-order chi connectivity index (χ0) is 18.7. The van der Waals surface area contributed by atoms with Gasteiger partial charge in [0, 0.05) is 11.7 Å². The van der Waals surface area contributed by atoms with Crippen LogP contribution in [0.3, 0.4) is 0 Å². The van der Waals surface area contributed by atoms with Gasteiger partial charge in [-0.3, -0.25) is 0 Å². The van der Waals surface area contributed by atoms with E-state index < -0.39 is 0 Å². The van der Waals surface area contributed by atoms with Crippen LogP contribution in [-0.4, -0.2) is 12.6 Å². The van der Waals surface area contributed by atoms with E-state index in [-0.39, 0.29) is 24.8 Å². The molecule has 2 aromatic rings. The van der Waals surface area contributed by atoms with E-state index in [1.165, 1.54) is 74.5 Å². The molecule has 4 heteroatoms. The van der Waals surface area contributed by atoms with Crippen molar-refractivity contribution in [1.29, 1.82) is 0 Å². The molecule has 0 amide bonds. The average Bonchev–Trinajstić information content (AvgIpc) is 2.70. The van der Waals surface area contributed by atoms with E-state index in [1.54, 1.807) is 0 Å². The molecule has 0 aromatic heterocycles. The van der Waals surface area contributed by atoms with Crippen molar-refractivity contribution >= 4 is 30.5 Å². The Balaban J connectivity index is 0.00000210. The Bertz CT molecular complexity index is 676. The fraction of sp³-hybridized carbons (Fsp3) is 0.520. The first-order chi connectivity index (χ1) is 13.3. The molecule has 0 heterocycles. The van der Waals surface area contributed by atoms with Gasteiger partial charge in [0.15, 0.2) is 0 Å². The van der Waals surface area contributed by atoms with Gasteiger partial charge in [-0.2, -0.15) is 0 Å². The first kappa shape index (κ1) is 25.8. The van der Waals surface area contributed by atoms with Gasteiger partial charge in [0.05, 0.1) is 0 Å². The fourth-order valence-corrected chi connectivity index (χ4v) is 4.30. The molecule has 0 saturated heterocycles. The molecule has 1 aliphatic carbocycles. The summed E-state index contributed by atoms with van der Waals surface area (Å²) in [6, 6.07) is 17.9. The van der Waals surface area contributed by atoms with Crippen molar-refractivity contribution in [1.82, 2.24) is 5.32 Å². The Morgan fingerprint density at radius 1 is 0.793 bits per heavy atom. The standard InChI is InChI=1S/C25H36N2.2ClH/c26-25-16-11-15-22-20-23(17-18-24(22)25)27-19-10-5-3-1-2-4-7-12-21-13-8-6-9-14-21;;/h6,8-9,11,13-16,23,27H,1-5,7,10,12,17-20,26H2;2*1H. The van der Waals surface area contributed by atoms with E-state index in [1.807, 2.05) is 6.07 Å². The zero-order valence-corrected chi connectivity index (χ0v) is 19.2. The molecule has 0 fully saturated rings. The second-order valence-corrected chi connectivity index (χ2v) is 8.09. The molecule has 1 aliphatic rings. The van der Waals surface area contributed by atoms with Gasteiger partial charge in [-0.25, -0.2) is 0 Å². The smallest absolute Gasteiger partial charge is 0.0349 e. The van der Waals surface area contributed by atoms with Gasteiger partial charge in [0.1, 0.15) is 0 Å². The lowest BCUT2D eigenvalue weighted by Gasteiger charge is -2.26. The summed E-state index contributed by atoms with van der Waals surface area (Å²) in [6.07, 6.45) is 14.3. The lowest BCUT2D eigenvalue weighted by Crippen LogP contribution is -2.35. The largest absolute Gasteiger partial charge is 0.398 e. The second kappa shape index (κ2) is 14.7. The molecule has 3 rings (SSSR count). The molecule has 0 saturated carbocycles. The fourth-order valence-electron chi connectivity index (χ4n) is 4.30. The Morgan fingerprint density at radius 2 is 1.48 bits per heavy atom. The van der Waals surface area contributed by atoms with Gasteiger partial charge in [-0.05, 0) is 67.8 Å². The predicted molar refractivity (Wildman–Crippen MR) is 132 cm³/mol. The van der Waals surface area contributed by atoms with Crippen molar-refractivity contribution in [3.63, 3.8) is 0 Å². The molecule has 29 heavy (non-hydrogen) atoms. The summed E-state index contributed by atoms with van der Waals surface area (Å²) >= 11 is 0. The van der Waals surface area contributed by atoms with Crippen LogP contribution in [0.4, 0.5) is 5.69 Å². The minimum atomic E-state index is 0. The van der Waals surface area contributed by atoms with Gasteiger partial charge in [-0.1, -0.05) is 74.6 Å². The highest BCUT2D eigenvalue weighted by Gasteiger charge is 2.19. The number of hydrogen-bond donors (Lipinski definition) is 2. The van der Waals surface area contributed by atoms with Gasteiger partial charge in [0.2, 0.25) is 0 Å². The van der Waals surface area contributed by atoms with E-state index >= 15 is 0 Å². The van der Waals surface area contributed by atoms with Crippen molar-refractivity contribution in [3.05, 3.63) is 65.2 Å². The van der Waals surface area contributed by atoms with Gasteiger partial charge in [0.25, 0.3) is 0 Å². The molecular formula is C25H38Cl2N2. The summed E-state index contributed by atoms with van der Waals surface area (Å²) in [7, 11) is 0. The quantitative estimate of drug-likeness (QED) is 0.310. The Kier molecular flexibility index (Phi) is 13.1. The number of benzene rings is 2. The minimum absolute atomic E-state index is 0. The third-order valence-corrected chi connectivity index (χ3v) is 5.94. The van der Waals surface area contributed by atoms with Crippen molar-refractivity contribution in [3.8, 4) is 0 Å². The topological polar surface area (TPSA) is 38.0 Å². The van der Waals surface area contributed by atoms with Crippen LogP contribution >= 0.6 is 24.8 Å². The van der Waals surface area contributed by atoms with Crippen molar-refractivity contribution in [2.24, 2.45) is 0 Å². The first-order valence-corrected chi connectivity index (χ1v) is 11.0. The van der Waals surface area contributed by atoms with E-state index in [0.29, 0.717) is 6.04 Å². The summed E-state index contributed by atoms with van der Waals surface area (Å²) in [5.41, 5.74) is 11.4. The van der Waals surface area contributed by atoms with Crippen LogP contribution in [0.25, 0.3) is 0 Å². The number of unbranched alkanes of at least 4 members (excludes halogenated alkanes) is 6. The number of aryl methyl sites for hydroxylation is 1. The highest BCUT2D eigenvalue weighted by molar-refractivity contribution is 5.85. The van der Waals surface area contributed by atoms with Crippen LogP contribution in [0.2, 0.25) is 0 Å². The van der Waals surface area contributed by atoms with Crippen LogP contribution in [0.1, 0.15) is 68.1 Å². The summed E-state index contributed by atoms with van der Waals surface area (Å²) < 4.78 is 0. The molecular weight excluding hydrogens is 399 g/mol. The molecule has 1 atom stereocenters. The summed E-state index contributed by atoms with van der Waals surface area (Å²) in [4.78, 5) is 0. The van der Waals surface area contributed by atoms with Crippen LogP contribution < -0.4 is 11.1 Å². The second-order valence-electron chi connectivity index (χ2n) is 8.09. The number of fused-ring (bicyclic) bond motifs is 1. The first-order valence-electron chi connectivity index (χ1n) is 11.0. The van der Waals surface area contributed by atoms with Crippen molar-refractivity contribution in [2.75, 3.05) is 12.3 Å². The van der Waals surface area contributed by atoms with E-state index in [4.69, 9.17) is 5.73 Å². The minimum Gasteiger partial charge on any atom is -0.398 e. The summed E-state index contributed by atoms with van der Waals surface area (Å²) in [5.74, 6) is 0. The maximum atomic E-state index is 6.09. The van der Waals surface area contributed by atoms with Crippen LogP contribution in [0, 0.1) is 0 Å². The van der Waals surface area contributed by atoms with E-state index in [2.05, 4.69) is 47.8 Å². The molecule has 0 radical (unpaired) electrons. The third-order valence-electron chi connectivity index (χ3n) is 5.94. The number of rotatable bonds is 11. The maximum Gasteiger partial charge on any atom is 0.0349 e. The molecule has 162 valence electrons. The third kappa shape index (κ3) is 8.99. The molecule has 0 aliphatic heterocycles. The van der Waals surface area contributed by atoms with E-state index in [0.717, 1.165) is 25.1 Å². The lowest BCUT2D eigenvalue weighted by atomic mass is 9.87. The van der Waals surface area contributed by atoms with E-state index in [9.17, 15) is 0 Å². The molecule has 3 N–H and O–H groups in total. The summed E-state index contributed by atoms with van der Waals surface area (Å²) in [5, 5.41) is 3.77. The number of anilines is 1. The van der Waals surface area contributed by atoms with Crippen LogP contribution in [0.15, 0.2) is 48.5 Å². The number of hydrogen-bond acceptors (Lipinski definition) is 2. The zero-order valence-electron chi connectivity index (χ0n) is 17.6. The normalized spacial score (nSPS) is 15.1. The van der Waals surface area contributed by atoms with Crippen LogP contribution in [0.5, 0.6) is 0 Å². The highest BCUT2D eigenvalue weighted by atomic mass is 35.5. The SMILES string of the molecule is Cl.Cl.Nc1cccc2c1CCC(NCCCCCCCCCc1ccccc1)C2. The Hall–Kier alpha value is -1.22. The number of nitrogens with two attached hydrogens (primary N) is 1. The lowest BCUT2D eigenvalue weighted by molar-refractivity contribution is 0.446. The number of nitrogens with one attached hydrogen (secondary N) is 1. The molecule has 2 nitrogen and oxygen atoms in total. The molecule has 2 aromatic carbocycles. The Labute approximate surface area is 189 Å². The molecule has 0 bridgehead atoms. The molecule has 1 unspecified atom stereocenters. The average molecular weight is 437 g/mol. The Morgan fingerprint density at radius 3 is 2.24 bits per heavy atom. The maximum absolute atomic E-state index is 6.09. The monoisotopic (exact) mass is 436 g/mol. The van der Waals surface area contributed by atoms with Gasteiger partial charge >= 0.3 is 0 Å². The summed E-state index contributed by atoms with van der Waals surface area (Å²) in [6.45, 7) is 1.16. The van der Waals surface area contributed by atoms with Crippen LogP contribution in [-0.2, 0) is 19.3 Å². The molecule has 0 spiro atoms. The number of halogens is 2.